The zero-order chi connectivity index (χ0) is 39.8. The molecule has 0 atom stereocenters. The van der Waals surface area contributed by atoms with Crippen molar-refractivity contribution in [2.75, 3.05) is 0 Å². The maximum absolute atomic E-state index is 5.20. The van der Waals surface area contributed by atoms with Crippen molar-refractivity contribution in [3.8, 4) is 78.7 Å². The van der Waals surface area contributed by atoms with Crippen LogP contribution in [0.3, 0.4) is 0 Å². The Morgan fingerprint density at radius 3 is 1.32 bits per heavy atom. The zero-order valence-electron chi connectivity index (χ0n) is 32.6. The molecule has 0 N–H and O–H groups in total. The average molecular weight is 765 g/mol. The highest BCUT2D eigenvalue weighted by Crippen LogP contribution is 2.36. The minimum Gasteiger partial charge on any atom is -0.264 e. The lowest BCUT2D eigenvalue weighted by Crippen LogP contribution is -2.00. The lowest BCUT2D eigenvalue weighted by Gasteiger charge is -2.12. The molecule has 0 aliphatic carbocycles. The van der Waals surface area contributed by atoms with Crippen molar-refractivity contribution in [3.05, 3.63) is 219 Å². The Bertz CT molecular complexity index is 3360. The molecule has 2 heterocycles. The van der Waals surface area contributed by atoms with E-state index >= 15 is 0 Å². The van der Waals surface area contributed by atoms with Gasteiger partial charge in [0.2, 0.25) is 0 Å². The van der Waals surface area contributed by atoms with E-state index in [1.54, 1.807) is 6.20 Å². The fourth-order valence-corrected chi connectivity index (χ4v) is 8.42. The highest BCUT2D eigenvalue weighted by molar-refractivity contribution is 6.00. The van der Waals surface area contributed by atoms with E-state index in [4.69, 9.17) is 15.0 Å². The summed E-state index contributed by atoms with van der Waals surface area (Å²) in [6.45, 7) is 0. The first kappa shape index (κ1) is 35.1. The Morgan fingerprint density at radius 2 is 0.683 bits per heavy atom. The maximum atomic E-state index is 5.20. The summed E-state index contributed by atoms with van der Waals surface area (Å²) in [5, 5.41) is 7.14. The number of fused-ring (bicyclic) bond motifs is 3. The van der Waals surface area contributed by atoms with Gasteiger partial charge in [-0.05, 0) is 95.5 Å². The lowest BCUT2D eigenvalue weighted by molar-refractivity contribution is 1.07. The number of hydrogen-bond donors (Lipinski definition) is 0. The molecule has 11 rings (SSSR count). The van der Waals surface area contributed by atoms with E-state index in [0.29, 0.717) is 17.5 Å². The van der Waals surface area contributed by atoms with Crippen LogP contribution in [-0.2, 0) is 0 Å². The van der Waals surface area contributed by atoms with Crippen LogP contribution in [-0.4, -0.2) is 19.9 Å². The molecule has 4 heteroatoms. The second-order valence-electron chi connectivity index (χ2n) is 15.1. The number of rotatable bonds is 7. The third-order valence-corrected chi connectivity index (χ3v) is 11.4. The number of benzene rings is 9. The summed E-state index contributed by atoms with van der Waals surface area (Å²) in [6, 6.07) is 72.8. The van der Waals surface area contributed by atoms with Crippen molar-refractivity contribution in [2.24, 2.45) is 0 Å². The van der Waals surface area contributed by atoms with Gasteiger partial charge in [0.15, 0.2) is 17.5 Å². The first-order valence-electron chi connectivity index (χ1n) is 20.2. The summed E-state index contributed by atoms with van der Waals surface area (Å²) in [7, 11) is 0. The highest BCUT2D eigenvalue weighted by atomic mass is 15.0. The van der Waals surface area contributed by atoms with Gasteiger partial charge in [-0.3, -0.25) is 4.98 Å². The molecule has 60 heavy (non-hydrogen) atoms. The molecule has 9 aromatic carbocycles. The molecule has 0 saturated heterocycles. The van der Waals surface area contributed by atoms with Gasteiger partial charge in [-0.25, -0.2) is 15.0 Å². The normalized spacial score (nSPS) is 11.3. The van der Waals surface area contributed by atoms with E-state index in [-0.39, 0.29) is 0 Å². The molecule has 0 aliphatic heterocycles. The summed E-state index contributed by atoms with van der Waals surface area (Å²) in [4.78, 5) is 20.0. The van der Waals surface area contributed by atoms with Gasteiger partial charge >= 0.3 is 0 Å². The summed E-state index contributed by atoms with van der Waals surface area (Å²) in [5.74, 6) is 1.85. The molecule has 0 fully saturated rings. The minimum absolute atomic E-state index is 0.615. The molecule has 0 saturated carbocycles. The Hall–Kier alpha value is -8.08. The molecular weight excluding hydrogens is 729 g/mol. The van der Waals surface area contributed by atoms with Crippen LogP contribution < -0.4 is 0 Å². The standard InChI is InChI=1S/C56H36N4/c1-3-21-48-38(11-1)13-7-23-50(48)40-28-26-37(27-29-40)41-15-5-18-44(33-41)54-58-55(45-19-6-16-42(34-45)51-24-8-14-39-12-2-4-22-49(39)51)60-56(59-54)46-30-31-53-43(35-46)17-9-25-52(53)47-20-10-32-57-36-47/h1-36H. The number of pyridine rings is 1. The molecule has 0 amide bonds. The van der Waals surface area contributed by atoms with Crippen LogP contribution in [0, 0.1) is 0 Å². The van der Waals surface area contributed by atoms with E-state index in [2.05, 4.69) is 205 Å². The van der Waals surface area contributed by atoms with Crippen LogP contribution in [0.2, 0.25) is 0 Å². The Kier molecular flexibility index (Phi) is 8.79. The van der Waals surface area contributed by atoms with Crippen molar-refractivity contribution in [3.63, 3.8) is 0 Å². The molecule has 0 radical (unpaired) electrons. The topological polar surface area (TPSA) is 51.6 Å². The third kappa shape index (κ3) is 6.56. The van der Waals surface area contributed by atoms with Crippen molar-refractivity contribution in [1.82, 2.24) is 19.9 Å². The SMILES string of the molecule is c1cc(-c2ccc(-c3cccc4ccccc34)cc2)cc(-c2nc(-c3cccc(-c4cccc5ccccc45)c3)nc(-c3ccc4c(-c5cccnc5)cccc4c3)n2)c1. The Morgan fingerprint density at radius 1 is 0.250 bits per heavy atom. The number of aromatic nitrogens is 4. The minimum atomic E-state index is 0.615. The van der Waals surface area contributed by atoms with Crippen molar-refractivity contribution in [2.45, 2.75) is 0 Å². The van der Waals surface area contributed by atoms with Crippen LogP contribution in [0.15, 0.2) is 219 Å². The fraction of sp³-hybridized carbons (Fsp3) is 0. The van der Waals surface area contributed by atoms with Crippen molar-refractivity contribution >= 4 is 32.3 Å². The lowest BCUT2D eigenvalue weighted by atomic mass is 9.96. The summed E-state index contributed by atoms with van der Waals surface area (Å²) < 4.78 is 0. The van der Waals surface area contributed by atoms with E-state index in [9.17, 15) is 0 Å². The van der Waals surface area contributed by atoms with E-state index in [1.807, 2.05) is 12.3 Å². The van der Waals surface area contributed by atoms with Crippen molar-refractivity contribution < 1.29 is 0 Å². The first-order chi connectivity index (χ1) is 29.7. The van der Waals surface area contributed by atoms with E-state index < -0.39 is 0 Å². The van der Waals surface area contributed by atoms with Crippen LogP contribution in [0.5, 0.6) is 0 Å². The number of nitrogens with zero attached hydrogens (tertiary/aromatic N) is 4. The summed E-state index contributed by atoms with van der Waals surface area (Å²) in [5.41, 5.74) is 11.9. The van der Waals surface area contributed by atoms with E-state index in [1.165, 1.54) is 38.2 Å². The molecule has 0 aliphatic rings. The highest BCUT2D eigenvalue weighted by Gasteiger charge is 2.16. The predicted octanol–water partition coefficient (Wildman–Crippen LogP) is 14.4. The van der Waals surface area contributed by atoms with Gasteiger partial charge in [0.05, 0.1) is 0 Å². The third-order valence-electron chi connectivity index (χ3n) is 11.4. The van der Waals surface area contributed by atoms with Crippen LogP contribution in [0.4, 0.5) is 0 Å². The van der Waals surface area contributed by atoms with Crippen molar-refractivity contribution in [1.29, 1.82) is 0 Å². The molecule has 280 valence electrons. The van der Waals surface area contributed by atoms with Gasteiger partial charge in [-0.15, -0.1) is 0 Å². The van der Waals surface area contributed by atoms with Gasteiger partial charge in [0.1, 0.15) is 0 Å². The average Bonchev–Trinajstić information content (AvgIpc) is 3.33. The molecular formula is C56H36N4. The van der Waals surface area contributed by atoms with Crippen LogP contribution >= 0.6 is 0 Å². The zero-order valence-corrected chi connectivity index (χ0v) is 32.6. The molecule has 0 spiro atoms. The molecule has 0 bridgehead atoms. The summed E-state index contributed by atoms with van der Waals surface area (Å²) in [6.07, 6.45) is 3.71. The van der Waals surface area contributed by atoms with Gasteiger partial charge in [0, 0.05) is 34.6 Å². The van der Waals surface area contributed by atoms with Crippen LogP contribution in [0.1, 0.15) is 0 Å². The van der Waals surface area contributed by atoms with Gasteiger partial charge < -0.3 is 0 Å². The smallest absolute Gasteiger partial charge is 0.164 e. The maximum Gasteiger partial charge on any atom is 0.164 e. The predicted molar refractivity (Wildman–Crippen MR) is 248 cm³/mol. The Labute approximate surface area is 348 Å². The first-order valence-corrected chi connectivity index (χ1v) is 20.2. The molecule has 2 aromatic heterocycles. The molecule has 0 unspecified atom stereocenters. The van der Waals surface area contributed by atoms with Gasteiger partial charge in [0.25, 0.3) is 0 Å². The van der Waals surface area contributed by atoms with Gasteiger partial charge in [-0.2, -0.15) is 0 Å². The van der Waals surface area contributed by atoms with Crippen LogP contribution in [0.25, 0.3) is 111 Å². The molecule has 11 aromatic rings. The molecule has 4 nitrogen and oxygen atoms in total. The van der Waals surface area contributed by atoms with E-state index in [0.717, 1.165) is 55.3 Å². The quantitative estimate of drug-likeness (QED) is 0.162. The fourth-order valence-electron chi connectivity index (χ4n) is 8.42. The van der Waals surface area contributed by atoms with Gasteiger partial charge in [-0.1, -0.05) is 182 Å². The number of hydrogen-bond acceptors (Lipinski definition) is 4. The monoisotopic (exact) mass is 764 g/mol. The second-order valence-corrected chi connectivity index (χ2v) is 15.1. The second kappa shape index (κ2) is 15.0. The summed E-state index contributed by atoms with van der Waals surface area (Å²) >= 11 is 0. The largest absolute Gasteiger partial charge is 0.264 e. The Balaban J connectivity index is 1.02.